The first kappa shape index (κ1) is 19.0. The fraction of sp³-hybridized carbons (Fsp3) is 0.211. The van der Waals surface area contributed by atoms with Crippen LogP contribution in [0.1, 0.15) is 16.8 Å². The minimum Gasteiger partial charge on any atom is -0.465 e. The van der Waals surface area contributed by atoms with Gasteiger partial charge < -0.3 is 15.0 Å². The van der Waals surface area contributed by atoms with E-state index in [0.29, 0.717) is 5.69 Å². The zero-order chi connectivity index (χ0) is 19.6. The monoisotopic (exact) mass is 434 g/mol. The van der Waals surface area contributed by atoms with Crippen LogP contribution in [0.25, 0.3) is 0 Å². The van der Waals surface area contributed by atoms with Crippen LogP contribution < -0.4 is 10.2 Å². The van der Waals surface area contributed by atoms with Crippen LogP contribution in [0.4, 0.5) is 15.8 Å². The highest BCUT2D eigenvalue weighted by Crippen LogP contribution is 2.28. The molecule has 3 rings (SSSR count). The van der Waals surface area contributed by atoms with E-state index < -0.39 is 23.6 Å². The largest absolute Gasteiger partial charge is 0.465 e. The summed E-state index contributed by atoms with van der Waals surface area (Å²) in [5, 5.41) is 2.47. The number of anilines is 2. The summed E-state index contributed by atoms with van der Waals surface area (Å²) in [6.07, 6.45) is 0.0245. The third-order valence-electron chi connectivity index (χ3n) is 4.26. The lowest BCUT2D eigenvalue weighted by atomic mass is 10.1. The van der Waals surface area contributed by atoms with Crippen molar-refractivity contribution in [1.29, 1.82) is 0 Å². The quantitative estimate of drug-likeness (QED) is 0.748. The van der Waals surface area contributed by atoms with Crippen molar-refractivity contribution in [3.05, 3.63) is 58.3 Å². The number of amides is 2. The van der Waals surface area contributed by atoms with Gasteiger partial charge >= 0.3 is 5.97 Å². The molecule has 2 amide bonds. The van der Waals surface area contributed by atoms with Gasteiger partial charge in [0.2, 0.25) is 11.8 Å². The van der Waals surface area contributed by atoms with E-state index in [9.17, 15) is 18.8 Å². The van der Waals surface area contributed by atoms with Gasteiger partial charge in [-0.2, -0.15) is 0 Å². The SMILES string of the molecule is COC(=O)c1ccc(F)c(NC(=O)C2CC(=O)N(c3cccc(Br)c3)C2)c1. The van der Waals surface area contributed by atoms with Crippen LogP contribution >= 0.6 is 15.9 Å². The van der Waals surface area contributed by atoms with E-state index in [1.807, 2.05) is 6.07 Å². The molecule has 6 nitrogen and oxygen atoms in total. The summed E-state index contributed by atoms with van der Waals surface area (Å²) in [4.78, 5) is 37.9. The number of carbonyl (C=O) groups is 3. The van der Waals surface area contributed by atoms with Crippen LogP contribution in [0.2, 0.25) is 0 Å². The molecule has 1 aliphatic heterocycles. The van der Waals surface area contributed by atoms with Gasteiger partial charge in [0, 0.05) is 23.1 Å². The fourth-order valence-electron chi connectivity index (χ4n) is 2.88. The van der Waals surface area contributed by atoms with Crippen LogP contribution in [0.3, 0.4) is 0 Å². The van der Waals surface area contributed by atoms with Gasteiger partial charge in [0.15, 0.2) is 0 Å². The zero-order valence-electron chi connectivity index (χ0n) is 14.4. The molecule has 1 unspecified atom stereocenters. The van der Waals surface area contributed by atoms with Gasteiger partial charge in [0.05, 0.1) is 24.3 Å². The van der Waals surface area contributed by atoms with Crippen molar-refractivity contribution < 1.29 is 23.5 Å². The minimum atomic E-state index is -0.677. The molecule has 1 heterocycles. The molecule has 1 fully saturated rings. The summed E-state index contributed by atoms with van der Waals surface area (Å²) in [6.45, 7) is 0.194. The van der Waals surface area contributed by atoms with Gasteiger partial charge in [-0.25, -0.2) is 9.18 Å². The van der Waals surface area contributed by atoms with Crippen LogP contribution in [0, 0.1) is 11.7 Å². The number of hydrogen-bond donors (Lipinski definition) is 1. The maximum Gasteiger partial charge on any atom is 0.337 e. The number of ether oxygens (including phenoxy) is 1. The maximum absolute atomic E-state index is 14.0. The van der Waals surface area contributed by atoms with Crippen LogP contribution in [0.5, 0.6) is 0 Å². The third-order valence-corrected chi connectivity index (χ3v) is 4.75. The third kappa shape index (κ3) is 4.16. The molecule has 140 valence electrons. The first-order valence-corrected chi connectivity index (χ1v) is 8.93. The molecule has 1 aliphatic rings. The second-order valence-electron chi connectivity index (χ2n) is 6.06. The number of nitrogens with zero attached hydrogens (tertiary/aromatic N) is 1. The molecule has 0 aromatic heterocycles. The van der Waals surface area contributed by atoms with Crippen molar-refractivity contribution in [3.63, 3.8) is 0 Å². The van der Waals surface area contributed by atoms with E-state index in [4.69, 9.17) is 0 Å². The maximum atomic E-state index is 14.0. The van der Waals surface area contributed by atoms with Crippen molar-refractivity contribution in [2.24, 2.45) is 5.92 Å². The van der Waals surface area contributed by atoms with E-state index in [2.05, 4.69) is 26.0 Å². The molecule has 0 bridgehead atoms. The highest BCUT2D eigenvalue weighted by atomic mass is 79.9. The van der Waals surface area contributed by atoms with Gasteiger partial charge in [-0.05, 0) is 36.4 Å². The van der Waals surface area contributed by atoms with Gasteiger partial charge in [0.25, 0.3) is 0 Å². The molecule has 1 atom stereocenters. The van der Waals surface area contributed by atoms with Crippen molar-refractivity contribution in [2.45, 2.75) is 6.42 Å². The van der Waals surface area contributed by atoms with Crippen LogP contribution in [0.15, 0.2) is 46.9 Å². The number of nitrogens with one attached hydrogen (secondary N) is 1. The van der Waals surface area contributed by atoms with E-state index in [-0.39, 0.29) is 30.1 Å². The van der Waals surface area contributed by atoms with Gasteiger partial charge in [-0.3, -0.25) is 9.59 Å². The highest BCUT2D eigenvalue weighted by molar-refractivity contribution is 9.10. The Kier molecular flexibility index (Phi) is 5.55. The van der Waals surface area contributed by atoms with E-state index in [0.717, 1.165) is 10.5 Å². The van der Waals surface area contributed by atoms with Gasteiger partial charge in [-0.15, -0.1) is 0 Å². The van der Waals surface area contributed by atoms with Crippen LogP contribution in [-0.2, 0) is 14.3 Å². The Bertz CT molecular complexity index is 918. The van der Waals surface area contributed by atoms with E-state index in [1.165, 1.54) is 24.1 Å². The van der Waals surface area contributed by atoms with Gasteiger partial charge in [0.1, 0.15) is 5.82 Å². The summed E-state index contributed by atoms with van der Waals surface area (Å²) in [6, 6.07) is 10.8. The smallest absolute Gasteiger partial charge is 0.337 e. The summed E-state index contributed by atoms with van der Waals surface area (Å²) < 4.78 is 19.4. The lowest BCUT2D eigenvalue weighted by molar-refractivity contribution is -0.122. The lowest BCUT2D eigenvalue weighted by Crippen LogP contribution is -2.28. The summed E-state index contributed by atoms with van der Waals surface area (Å²) in [7, 11) is 1.21. The molecule has 8 heteroatoms. The molecule has 1 N–H and O–H groups in total. The molecular weight excluding hydrogens is 419 g/mol. The number of carbonyl (C=O) groups excluding carboxylic acids is 3. The Hall–Kier alpha value is -2.74. The predicted molar refractivity (Wildman–Crippen MR) is 101 cm³/mol. The van der Waals surface area contributed by atoms with Crippen molar-refractivity contribution in [3.8, 4) is 0 Å². The van der Waals surface area contributed by atoms with Crippen LogP contribution in [-0.4, -0.2) is 31.4 Å². The average Bonchev–Trinajstić information content (AvgIpc) is 3.04. The highest BCUT2D eigenvalue weighted by Gasteiger charge is 2.35. The molecule has 2 aromatic carbocycles. The number of hydrogen-bond acceptors (Lipinski definition) is 4. The normalized spacial score (nSPS) is 16.3. The first-order valence-electron chi connectivity index (χ1n) is 8.13. The lowest BCUT2D eigenvalue weighted by Gasteiger charge is -2.17. The standard InChI is InChI=1S/C19H16BrFN2O4/c1-27-19(26)11-5-6-15(21)16(7-11)22-18(25)12-8-17(24)23(10-12)14-4-2-3-13(20)9-14/h2-7,9,12H,8,10H2,1H3,(H,22,25). The molecule has 27 heavy (non-hydrogen) atoms. The summed E-state index contributed by atoms with van der Waals surface area (Å²) in [5.41, 5.74) is 0.673. The second-order valence-corrected chi connectivity index (χ2v) is 6.98. The minimum absolute atomic E-state index is 0.0245. The number of benzene rings is 2. The van der Waals surface area contributed by atoms with Crippen molar-refractivity contribution in [1.82, 2.24) is 0 Å². The van der Waals surface area contributed by atoms with Crippen molar-refractivity contribution >= 4 is 45.1 Å². The fourth-order valence-corrected chi connectivity index (χ4v) is 3.26. The van der Waals surface area contributed by atoms with Gasteiger partial charge in [-0.1, -0.05) is 22.0 Å². The van der Waals surface area contributed by atoms with E-state index in [1.54, 1.807) is 18.2 Å². The molecule has 0 spiro atoms. The number of rotatable bonds is 4. The summed E-state index contributed by atoms with van der Waals surface area (Å²) in [5.74, 6) is -2.61. The Morgan fingerprint density at radius 1 is 1.26 bits per heavy atom. The number of methoxy groups -OCH3 is 1. The number of esters is 1. The summed E-state index contributed by atoms with van der Waals surface area (Å²) >= 11 is 3.35. The average molecular weight is 435 g/mol. The predicted octanol–water partition coefficient (Wildman–Crippen LogP) is 3.37. The first-order chi connectivity index (χ1) is 12.9. The number of halogens is 2. The van der Waals surface area contributed by atoms with Crippen molar-refractivity contribution in [2.75, 3.05) is 23.9 Å². The topological polar surface area (TPSA) is 75.7 Å². The molecule has 0 radical (unpaired) electrons. The molecule has 1 saturated heterocycles. The Labute approximate surface area is 163 Å². The Morgan fingerprint density at radius 3 is 2.74 bits per heavy atom. The van der Waals surface area contributed by atoms with E-state index >= 15 is 0 Å². The second kappa shape index (κ2) is 7.87. The molecule has 0 saturated carbocycles. The Morgan fingerprint density at radius 2 is 2.04 bits per heavy atom. The molecule has 2 aromatic rings. The Balaban J connectivity index is 1.74. The molecular formula is C19H16BrFN2O4. The molecule has 0 aliphatic carbocycles. The zero-order valence-corrected chi connectivity index (χ0v) is 16.0.